The molecule has 0 atom stereocenters. The summed E-state index contributed by atoms with van der Waals surface area (Å²) in [5, 5.41) is 0. The molecule has 0 aromatic rings. The summed E-state index contributed by atoms with van der Waals surface area (Å²) in [5.41, 5.74) is 0. The Bertz CT molecular complexity index is 297. The van der Waals surface area contributed by atoms with Crippen LogP contribution in [0.2, 0.25) is 0.515 Å². The van der Waals surface area contributed by atoms with Gasteiger partial charge in [-0.25, -0.2) is 0 Å². The van der Waals surface area contributed by atoms with Crippen LogP contribution in [0.25, 0.3) is 0 Å². The quantitative estimate of drug-likeness (QED) is 0.187. The van der Waals surface area contributed by atoms with Crippen molar-refractivity contribution in [2.24, 2.45) is 0 Å². The van der Waals surface area contributed by atoms with Crippen LogP contribution >= 0.6 is 0 Å². The third kappa shape index (κ3) is 38.9. The zero-order valence-corrected chi connectivity index (χ0v) is 20.1. The van der Waals surface area contributed by atoms with Gasteiger partial charge < -0.3 is 0 Å². The summed E-state index contributed by atoms with van der Waals surface area (Å²) in [6.45, 7) is 2.30. The molecule has 0 aliphatic carbocycles. The summed E-state index contributed by atoms with van der Waals surface area (Å²) in [4.78, 5) is 0. The third-order valence-electron chi connectivity index (χ3n) is 4.21. The van der Waals surface area contributed by atoms with Crippen LogP contribution in [-0.4, -0.2) is 66.5 Å². The molecule has 0 saturated heterocycles. The van der Waals surface area contributed by atoms with Gasteiger partial charge in [-0.3, -0.25) is 9.11 Å². The summed E-state index contributed by atoms with van der Waals surface area (Å²) >= 11 is 1.10. The van der Waals surface area contributed by atoms with Crippen molar-refractivity contribution in [2.75, 3.05) is 0 Å². The van der Waals surface area contributed by atoms with Crippen molar-refractivity contribution >= 4 is 59.4 Å². The van der Waals surface area contributed by atoms with Gasteiger partial charge in [-0.05, 0) is 0 Å². The smallest absolute Gasteiger partial charge is 0.264 e. The predicted molar refractivity (Wildman–Crippen MR) is 104 cm³/mol. The summed E-state index contributed by atoms with van der Waals surface area (Å²) in [5.74, 6) is 0. The van der Waals surface area contributed by atoms with Crippen LogP contribution in [0.15, 0.2) is 0 Å². The van der Waals surface area contributed by atoms with Gasteiger partial charge in [0, 0.05) is 0 Å². The van der Waals surface area contributed by atoms with Crippen LogP contribution in [0, 0.1) is 0 Å². The molecule has 24 heavy (non-hydrogen) atoms. The summed E-state index contributed by atoms with van der Waals surface area (Å²) in [7, 11) is -4.67. The molecule has 2 N–H and O–H groups in total. The van der Waals surface area contributed by atoms with E-state index in [1.165, 1.54) is 103 Å². The number of unbranched alkanes of at least 4 members (excludes halogenated alkanes) is 15. The van der Waals surface area contributed by atoms with Gasteiger partial charge >= 0.3 is 130 Å². The van der Waals surface area contributed by atoms with E-state index < -0.39 is 10.4 Å². The van der Waals surface area contributed by atoms with E-state index in [2.05, 4.69) is 6.92 Å². The average molecular weight is 391 g/mol. The Morgan fingerprint density at radius 3 is 1.00 bits per heavy atom. The van der Waals surface area contributed by atoms with Gasteiger partial charge in [-0.15, -0.1) is 0 Å². The first-order valence-corrected chi connectivity index (χ1v) is 13.7. The van der Waals surface area contributed by atoms with Gasteiger partial charge in [0.2, 0.25) is 0 Å². The van der Waals surface area contributed by atoms with Crippen LogP contribution < -0.4 is 0 Å². The minimum atomic E-state index is -4.67. The summed E-state index contributed by atoms with van der Waals surface area (Å²) in [6.07, 6.45) is 23.8. The second-order valence-electron chi connectivity index (χ2n) is 6.75. The molecule has 0 aliphatic heterocycles. The van der Waals surface area contributed by atoms with Gasteiger partial charge in [0.15, 0.2) is 0 Å². The molecule has 0 unspecified atom stereocenters. The molecule has 4 nitrogen and oxygen atoms in total. The molecule has 0 aliphatic rings. The van der Waals surface area contributed by atoms with E-state index in [1.54, 1.807) is 0.515 Å². The largest absolute Gasteiger partial charge is 0.394 e. The topological polar surface area (TPSA) is 74.6 Å². The molecule has 6 heteroatoms. The van der Waals surface area contributed by atoms with E-state index in [9.17, 15) is 0 Å². The minimum Gasteiger partial charge on any atom is -0.264 e. The predicted octanol–water partition coefficient (Wildman–Crippen LogP) is 6.18. The molecule has 0 rings (SSSR count). The van der Waals surface area contributed by atoms with Crippen LogP contribution in [0.3, 0.4) is 0 Å². The fraction of sp³-hybridized carbons (Fsp3) is 1.00. The second-order valence-corrected chi connectivity index (χ2v) is 9.21. The van der Waals surface area contributed by atoms with E-state index in [-0.39, 0.29) is 0 Å². The Kier molecular flexibility index (Phi) is 26.0. The zero-order valence-electron chi connectivity index (χ0n) is 16.1. The number of hydrogen-bond acceptors (Lipinski definition) is 2. The average Bonchev–Trinajstić information content (AvgIpc) is 2.49. The van der Waals surface area contributed by atoms with Gasteiger partial charge in [0.25, 0.3) is 0 Å². The normalized spacial score (nSPS) is 11.2. The van der Waals surface area contributed by atoms with E-state index >= 15 is 0 Å². The molecule has 0 fully saturated rings. The van der Waals surface area contributed by atoms with Crippen LogP contribution in [0.1, 0.15) is 110 Å². The maximum Gasteiger partial charge on any atom is 0.394 e. The zero-order chi connectivity index (χ0) is 18.5. The van der Waals surface area contributed by atoms with E-state index in [0.717, 1.165) is 49.0 Å². The van der Waals surface area contributed by atoms with Crippen molar-refractivity contribution in [1.29, 1.82) is 0 Å². The van der Waals surface area contributed by atoms with Crippen LogP contribution in [0.5, 0.6) is 0 Å². The van der Waals surface area contributed by atoms with E-state index in [1.807, 2.05) is 0 Å². The van der Waals surface area contributed by atoms with Crippen molar-refractivity contribution < 1.29 is 17.5 Å². The molecule has 0 bridgehead atoms. The van der Waals surface area contributed by atoms with Gasteiger partial charge in [-0.2, -0.15) is 8.42 Å². The first-order valence-electron chi connectivity index (χ1n) is 10.1. The van der Waals surface area contributed by atoms with Gasteiger partial charge in [0.1, 0.15) is 0 Å². The third-order valence-corrected chi connectivity index (χ3v) is 5.31. The fourth-order valence-electron chi connectivity index (χ4n) is 2.80. The first-order chi connectivity index (χ1) is 11.4. The maximum atomic E-state index is 8.74. The van der Waals surface area contributed by atoms with Crippen molar-refractivity contribution in [2.45, 2.75) is 110 Å². The van der Waals surface area contributed by atoms with Crippen molar-refractivity contribution in [3.63, 3.8) is 0 Å². The van der Waals surface area contributed by atoms with Gasteiger partial charge in [-0.1, -0.05) is 39.0 Å². The maximum absolute atomic E-state index is 8.74. The SMILES string of the molecule is CCCCCCCCCCCCCCCCC[CH2][K].O=S(=O)(O)O. The Morgan fingerprint density at radius 1 is 0.583 bits per heavy atom. The summed E-state index contributed by atoms with van der Waals surface area (Å²) < 4.78 is 33.1. The van der Waals surface area contributed by atoms with Crippen molar-refractivity contribution in [3.8, 4) is 0 Å². The van der Waals surface area contributed by atoms with Crippen LogP contribution in [0.4, 0.5) is 0 Å². The molecule has 0 saturated carbocycles. The molecule has 0 aromatic carbocycles. The molecule has 0 amide bonds. The molecule has 142 valence electrons. The molecule has 0 radical (unpaired) electrons. The van der Waals surface area contributed by atoms with Crippen molar-refractivity contribution in [1.82, 2.24) is 0 Å². The standard InChI is InChI=1S/C18H37.K.H2O4S/c1-3-5-7-9-11-13-15-17-18-16-14-12-10-8-6-4-2;;1-5(2,3)4/h1,3-18H2,2H3;;(H2,1,2,3,4). The molecular weight excluding hydrogens is 351 g/mol. The van der Waals surface area contributed by atoms with E-state index in [0.29, 0.717) is 0 Å². The first kappa shape index (κ1) is 27.7. The van der Waals surface area contributed by atoms with E-state index in [4.69, 9.17) is 17.5 Å². The number of rotatable bonds is 16. The fourth-order valence-corrected chi connectivity index (χ4v) is 3.58. The van der Waals surface area contributed by atoms with Gasteiger partial charge in [0.05, 0.1) is 0 Å². The Morgan fingerprint density at radius 2 is 0.792 bits per heavy atom. The molecule has 0 spiro atoms. The monoisotopic (exact) mass is 390 g/mol. The molecule has 0 aromatic heterocycles. The van der Waals surface area contributed by atoms with Crippen LogP contribution in [-0.2, 0) is 10.4 Å². The minimum absolute atomic E-state index is 1.10. The van der Waals surface area contributed by atoms with Crippen molar-refractivity contribution in [3.05, 3.63) is 0 Å². The Labute approximate surface area is 185 Å². The second kappa shape index (κ2) is 22.5. The Hall–Kier alpha value is 1.51. The Balaban J connectivity index is 0. The molecular formula is C18H39KO4S. The number of hydrogen-bond donors (Lipinski definition) is 2. The summed E-state index contributed by atoms with van der Waals surface area (Å²) in [6, 6.07) is 0. The molecule has 0 heterocycles.